The number of imidazole rings is 1. The second-order valence-electron chi connectivity index (χ2n) is 5.07. The largest absolute Gasteiger partial charge is 0.332 e. The van der Waals surface area contributed by atoms with E-state index in [0.29, 0.717) is 51.0 Å². The summed E-state index contributed by atoms with van der Waals surface area (Å²) >= 11 is 0. The molecule has 0 bridgehead atoms. The zero-order valence-corrected chi connectivity index (χ0v) is 12.9. The number of piperazine rings is 1. The molecule has 1 unspecified atom stereocenters. The van der Waals surface area contributed by atoms with Crippen LogP contribution < -0.4 is 5.73 Å². The van der Waals surface area contributed by atoms with Crippen molar-refractivity contribution in [3.63, 3.8) is 0 Å². The van der Waals surface area contributed by atoms with Gasteiger partial charge in [-0.05, 0) is 6.92 Å². The third-order valence-electron chi connectivity index (χ3n) is 3.80. The number of nitrogens with zero attached hydrogens (tertiary/aromatic N) is 3. The van der Waals surface area contributed by atoms with Crippen molar-refractivity contribution >= 4 is 10.0 Å². The molecule has 2 rings (SSSR count). The Kier molecular flexibility index (Phi) is 4.79. The molecule has 0 radical (unpaired) electrons. The van der Waals surface area contributed by atoms with E-state index < -0.39 is 10.0 Å². The van der Waals surface area contributed by atoms with Crippen molar-refractivity contribution in [2.24, 2.45) is 5.73 Å². The number of sulfonamides is 1. The molecule has 1 aromatic rings. The van der Waals surface area contributed by atoms with E-state index in [0.717, 1.165) is 0 Å². The lowest BCUT2D eigenvalue weighted by Crippen LogP contribution is -2.52. The molecule has 1 aromatic heterocycles. The molecule has 0 aromatic carbocycles. The molecule has 0 spiro atoms. The number of aromatic amines is 1. The highest BCUT2D eigenvalue weighted by molar-refractivity contribution is 7.89. The Morgan fingerprint density at radius 1 is 1.40 bits per heavy atom. The van der Waals surface area contributed by atoms with Gasteiger partial charge in [0.05, 0.1) is 6.20 Å². The van der Waals surface area contributed by atoms with Crippen LogP contribution >= 0.6 is 0 Å². The lowest BCUT2D eigenvalue weighted by molar-refractivity contribution is 0.148. The summed E-state index contributed by atoms with van der Waals surface area (Å²) in [4.78, 5) is 9.15. The molecular weight excluding hydrogens is 278 g/mol. The van der Waals surface area contributed by atoms with E-state index in [-0.39, 0.29) is 5.03 Å². The first kappa shape index (κ1) is 15.4. The Morgan fingerprint density at radius 3 is 2.55 bits per heavy atom. The molecule has 8 heteroatoms. The molecule has 3 N–H and O–H groups in total. The van der Waals surface area contributed by atoms with Crippen molar-refractivity contribution in [2.75, 3.05) is 32.7 Å². The van der Waals surface area contributed by atoms with Gasteiger partial charge in [0.15, 0.2) is 5.03 Å². The minimum Gasteiger partial charge on any atom is -0.332 e. The molecule has 20 heavy (non-hydrogen) atoms. The Hall–Kier alpha value is -0.960. The Labute approximate surface area is 120 Å². The SMILES string of the molecule is CCc1ncc(S(=O)(=O)N2CCN(C(C)CN)CC2)[nH]1. The number of aryl methyl sites for hydroxylation is 1. The fourth-order valence-electron chi connectivity index (χ4n) is 2.33. The van der Waals surface area contributed by atoms with Gasteiger partial charge in [0, 0.05) is 45.2 Å². The van der Waals surface area contributed by atoms with Gasteiger partial charge in [-0.25, -0.2) is 13.4 Å². The van der Waals surface area contributed by atoms with E-state index in [1.807, 2.05) is 6.92 Å². The molecule has 2 heterocycles. The average molecular weight is 301 g/mol. The number of hydrogen-bond acceptors (Lipinski definition) is 5. The van der Waals surface area contributed by atoms with Gasteiger partial charge in [-0.2, -0.15) is 4.31 Å². The summed E-state index contributed by atoms with van der Waals surface area (Å²) in [5.74, 6) is 0.693. The predicted molar refractivity (Wildman–Crippen MR) is 76.8 cm³/mol. The molecule has 1 saturated heterocycles. The Bertz CT molecular complexity index is 534. The smallest absolute Gasteiger partial charge is 0.260 e. The van der Waals surface area contributed by atoms with Crippen molar-refractivity contribution < 1.29 is 8.42 Å². The summed E-state index contributed by atoms with van der Waals surface area (Å²) in [6, 6.07) is 0.290. The molecule has 0 saturated carbocycles. The van der Waals surface area contributed by atoms with Gasteiger partial charge in [0.1, 0.15) is 5.82 Å². The van der Waals surface area contributed by atoms with E-state index in [2.05, 4.69) is 21.8 Å². The standard InChI is InChI=1S/C12H23N5O2S/c1-3-11-14-9-12(15-11)20(18,19)17-6-4-16(5-7-17)10(2)8-13/h9-10H,3-8,13H2,1-2H3,(H,14,15). The van der Waals surface area contributed by atoms with Gasteiger partial charge in [0.25, 0.3) is 10.0 Å². The topological polar surface area (TPSA) is 95.3 Å². The zero-order chi connectivity index (χ0) is 14.8. The summed E-state index contributed by atoms with van der Waals surface area (Å²) in [6.45, 7) is 7.00. The van der Waals surface area contributed by atoms with Crippen LogP contribution in [0, 0.1) is 0 Å². The van der Waals surface area contributed by atoms with E-state index >= 15 is 0 Å². The minimum atomic E-state index is -3.45. The molecule has 0 amide bonds. The highest BCUT2D eigenvalue weighted by Crippen LogP contribution is 2.16. The molecule has 1 atom stereocenters. The van der Waals surface area contributed by atoms with Gasteiger partial charge >= 0.3 is 0 Å². The van der Waals surface area contributed by atoms with Gasteiger partial charge in [-0.1, -0.05) is 6.92 Å². The number of H-pyrrole nitrogens is 1. The van der Waals surface area contributed by atoms with Crippen LogP contribution in [0.5, 0.6) is 0 Å². The van der Waals surface area contributed by atoms with Crippen molar-refractivity contribution in [3.05, 3.63) is 12.0 Å². The first-order valence-electron chi connectivity index (χ1n) is 6.97. The van der Waals surface area contributed by atoms with Gasteiger partial charge in [-0.3, -0.25) is 4.90 Å². The highest BCUT2D eigenvalue weighted by atomic mass is 32.2. The number of nitrogens with one attached hydrogen (secondary N) is 1. The van der Waals surface area contributed by atoms with Crippen LogP contribution in [0.4, 0.5) is 0 Å². The van der Waals surface area contributed by atoms with Crippen LogP contribution in [0.3, 0.4) is 0 Å². The van der Waals surface area contributed by atoms with Crippen LogP contribution in [-0.2, 0) is 16.4 Å². The second kappa shape index (κ2) is 6.21. The first-order valence-corrected chi connectivity index (χ1v) is 8.41. The van der Waals surface area contributed by atoms with Crippen LogP contribution in [0.15, 0.2) is 11.2 Å². The summed E-state index contributed by atoms with van der Waals surface area (Å²) < 4.78 is 26.5. The minimum absolute atomic E-state index is 0.190. The summed E-state index contributed by atoms with van der Waals surface area (Å²) in [6.07, 6.45) is 2.10. The van der Waals surface area contributed by atoms with Crippen molar-refractivity contribution in [2.45, 2.75) is 31.3 Å². The van der Waals surface area contributed by atoms with Gasteiger partial charge < -0.3 is 10.7 Å². The molecule has 114 valence electrons. The second-order valence-corrected chi connectivity index (χ2v) is 6.98. The van der Waals surface area contributed by atoms with Crippen molar-refractivity contribution in [3.8, 4) is 0 Å². The fourth-order valence-corrected chi connectivity index (χ4v) is 3.68. The molecule has 1 fully saturated rings. The summed E-state index contributed by atoms with van der Waals surface area (Å²) in [7, 11) is -3.45. The quantitative estimate of drug-likeness (QED) is 0.773. The zero-order valence-electron chi connectivity index (χ0n) is 12.0. The summed E-state index contributed by atoms with van der Waals surface area (Å²) in [5.41, 5.74) is 5.65. The number of nitrogens with two attached hydrogens (primary N) is 1. The number of hydrogen-bond donors (Lipinski definition) is 2. The Morgan fingerprint density at radius 2 is 2.05 bits per heavy atom. The maximum Gasteiger partial charge on any atom is 0.260 e. The maximum absolute atomic E-state index is 12.5. The molecule has 7 nitrogen and oxygen atoms in total. The van der Waals surface area contributed by atoms with Crippen molar-refractivity contribution in [1.82, 2.24) is 19.2 Å². The molecule has 1 aliphatic heterocycles. The molecule has 1 aliphatic rings. The first-order chi connectivity index (χ1) is 9.48. The monoisotopic (exact) mass is 301 g/mol. The van der Waals surface area contributed by atoms with Gasteiger partial charge in [-0.15, -0.1) is 0 Å². The average Bonchev–Trinajstić information content (AvgIpc) is 2.96. The van der Waals surface area contributed by atoms with Gasteiger partial charge in [0.2, 0.25) is 0 Å². The normalized spacial score (nSPS) is 20.1. The number of rotatable bonds is 5. The predicted octanol–water partition coefficient (Wildman–Crippen LogP) is -0.374. The van der Waals surface area contributed by atoms with Crippen molar-refractivity contribution in [1.29, 1.82) is 0 Å². The van der Waals surface area contributed by atoms with Crippen LogP contribution in [0.2, 0.25) is 0 Å². The van der Waals surface area contributed by atoms with Crippen LogP contribution in [0.1, 0.15) is 19.7 Å². The highest BCUT2D eigenvalue weighted by Gasteiger charge is 2.30. The third-order valence-corrected chi connectivity index (χ3v) is 5.60. The molecular formula is C12H23N5O2S. The lowest BCUT2D eigenvalue weighted by Gasteiger charge is -2.36. The van der Waals surface area contributed by atoms with E-state index in [9.17, 15) is 8.42 Å². The van der Waals surface area contributed by atoms with E-state index in [1.54, 1.807) is 0 Å². The van der Waals surface area contributed by atoms with E-state index in [1.165, 1.54) is 10.5 Å². The fraction of sp³-hybridized carbons (Fsp3) is 0.750. The van der Waals surface area contributed by atoms with Crippen LogP contribution in [0.25, 0.3) is 0 Å². The summed E-state index contributed by atoms with van der Waals surface area (Å²) in [5, 5.41) is 0.190. The third kappa shape index (κ3) is 3.03. The Balaban J connectivity index is 2.05. The molecule has 0 aliphatic carbocycles. The lowest BCUT2D eigenvalue weighted by atomic mass is 10.2. The van der Waals surface area contributed by atoms with Crippen LogP contribution in [-0.4, -0.2) is 66.4 Å². The maximum atomic E-state index is 12.5. The number of aromatic nitrogens is 2. The van der Waals surface area contributed by atoms with E-state index in [4.69, 9.17) is 5.73 Å².